The summed E-state index contributed by atoms with van der Waals surface area (Å²) in [7, 11) is 1.79. The Bertz CT molecular complexity index is 524. The van der Waals surface area contributed by atoms with Crippen molar-refractivity contribution in [1.82, 2.24) is 14.5 Å². The monoisotopic (exact) mass is 262 g/mol. The van der Waals surface area contributed by atoms with Crippen LogP contribution in [0.4, 0.5) is 0 Å². The van der Waals surface area contributed by atoms with E-state index in [4.69, 9.17) is 5.26 Å². The molecule has 0 N–H and O–H groups in total. The van der Waals surface area contributed by atoms with Crippen molar-refractivity contribution >= 4 is 15.9 Å². The number of rotatable bonds is 1. The van der Waals surface area contributed by atoms with Crippen LogP contribution in [0, 0.1) is 11.3 Å². The normalized spacial score (nSPS) is 9.93. The van der Waals surface area contributed by atoms with Crippen molar-refractivity contribution < 1.29 is 0 Å². The smallest absolute Gasteiger partial charge is 0.160 e. The highest BCUT2D eigenvalue weighted by molar-refractivity contribution is 9.10. The Morgan fingerprint density at radius 1 is 1.47 bits per heavy atom. The minimum absolute atomic E-state index is 0.496. The summed E-state index contributed by atoms with van der Waals surface area (Å²) in [6, 6.07) is 7.66. The first-order valence-electron chi connectivity index (χ1n) is 4.27. The molecule has 0 bridgehead atoms. The molecule has 2 heterocycles. The number of hydrogen-bond donors (Lipinski definition) is 0. The Labute approximate surface area is 95.3 Å². The van der Waals surface area contributed by atoms with E-state index in [0.29, 0.717) is 16.1 Å². The quantitative estimate of drug-likeness (QED) is 0.791. The number of nitriles is 1. The average Bonchev–Trinajstić information content (AvgIpc) is 2.55. The molecule has 2 aromatic rings. The molecule has 0 fully saturated rings. The lowest BCUT2D eigenvalue weighted by Crippen LogP contribution is -1.96. The fourth-order valence-electron chi connectivity index (χ4n) is 1.31. The largest absolute Gasteiger partial charge is 0.317 e. The van der Waals surface area contributed by atoms with E-state index in [9.17, 15) is 0 Å². The predicted molar refractivity (Wildman–Crippen MR) is 58.9 cm³/mol. The van der Waals surface area contributed by atoms with Crippen LogP contribution in [0.1, 0.15) is 5.69 Å². The van der Waals surface area contributed by atoms with Crippen LogP contribution in [0.15, 0.2) is 29.0 Å². The summed E-state index contributed by atoms with van der Waals surface area (Å²) in [4.78, 5) is 8.43. The Hall–Kier alpha value is -1.67. The van der Waals surface area contributed by atoms with Gasteiger partial charge in [-0.15, -0.1) is 0 Å². The summed E-state index contributed by atoms with van der Waals surface area (Å²) in [6.45, 7) is 0. The molecule has 0 saturated heterocycles. The molecule has 2 rings (SSSR count). The Balaban J connectivity index is 2.62. The van der Waals surface area contributed by atoms with Crippen molar-refractivity contribution in [2.45, 2.75) is 0 Å². The van der Waals surface area contributed by atoms with Crippen LogP contribution in [0.3, 0.4) is 0 Å². The number of hydrogen-bond acceptors (Lipinski definition) is 3. The van der Waals surface area contributed by atoms with Gasteiger partial charge < -0.3 is 4.57 Å². The number of pyridine rings is 1. The zero-order valence-electron chi connectivity index (χ0n) is 7.98. The zero-order chi connectivity index (χ0) is 10.8. The topological polar surface area (TPSA) is 54.5 Å². The van der Waals surface area contributed by atoms with E-state index in [0.717, 1.165) is 5.69 Å². The molecule has 0 radical (unpaired) electrons. The Kier molecular flexibility index (Phi) is 2.52. The lowest BCUT2D eigenvalue weighted by Gasteiger charge is -1.99. The number of nitrogens with zero attached hydrogens (tertiary/aromatic N) is 4. The average molecular weight is 263 g/mol. The molecule has 4 nitrogen and oxygen atoms in total. The van der Waals surface area contributed by atoms with Gasteiger partial charge in [-0.2, -0.15) is 5.26 Å². The third-order valence-corrected chi connectivity index (χ3v) is 2.61. The third kappa shape index (κ3) is 1.64. The molecule has 2 aromatic heterocycles. The van der Waals surface area contributed by atoms with Crippen molar-refractivity contribution in [1.29, 1.82) is 5.26 Å². The van der Waals surface area contributed by atoms with Gasteiger partial charge in [0.15, 0.2) is 11.5 Å². The summed E-state index contributed by atoms with van der Waals surface area (Å²) in [5.41, 5.74) is 1.25. The van der Waals surface area contributed by atoms with Gasteiger partial charge in [-0.25, -0.2) is 4.98 Å². The summed E-state index contributed by atoms with van der Waals surface area (Å²) < 4.78 is 2.26. The molecule has 0 spiro atoms. The number of halogens is 1. The molecule has 0 aromatic carbocycles. The maximum Gasteiger partial charge on any atom is 0.160 e. The number of imidazole rings is 1. The van der Waals surface area contributed by atoms with Crippen LogP contribution in [0.2, 0.25) is 0 Å². The highest BCUT2D eigenvalue weighted by atomic mass is 79.9. The Morgan fingerprint density at radius 2 is 2.27 bits per heavy atom. The zero-order valence-corrected chi connectivity index (χ0v) is 9.56. The molecule has 0 aliphatic carbocycles. The van der Waals surface area contributed by atoms with Crippen LogP contribution < -0.4 is 0 Å². The van der Waals surface area contributed by atoms with E-state index < -0.39 is 0 Å². The molecule has 0 atom stereocenters. The SMILES string of the molecule is Cn1c(-c2ccccn2)nc(Br)c1C#N. The predicted octanol–water partition coefficient (Wildman–Crippen LogP) is 2.12. The maximum absolute atomic E-state index is 8.90. The molecular formula is C10H7BrN4. The molecule has 0 amide bonds. The van der Waals surface area contributed by atoms with Gasteiger partial charge in [-0.3, -0.25) is 4.98 Å². The maximum atomic E-state index is 8.90. The van der Waals surface area contributed by atoms with Gasteiger partial charge in [-0.05, 0) is 28.1 Å². The molecule has 5 heteroatoms. The summed E-state index contributed by atoms with van der Waals surface area (Å²) in [6.07, 6.45) is 1.70. The molecule has 15 heavy (non-hydrogen) atoms. The van der Waals surface area contributed by atoms with Crippen LogP contribution in [-0.4, -0.2) is 14.5 Å². The van der Waals surface area contributed by atoms with E-state index in [1.54, 1.807) is 17.8 Å². The van der Waals surface area contributed by atoms with Gasteiger partial charge >= 0.3 is 0 Å². The van der Waals surface area contributed by atoms with Crippen molar-refractivity contribution in [3.8, 4) is 17.6 Å². The minimum Gasteiger partial charge on any atom is -0.317 e. The van der Waals surface area contributed by atoms with Gasteiger partial charge in [-0.1, -0.05) is 6.07 Å². The van der Waals surface area contributed by atoms with Crippen LogP contribution in [-0.2, 0) is 7.05 Å². The molecule has 0 unspecified atom stereocenters. The van der Waals surface area contributed by atoms with Gasteiger partial charge in [0, 0.05) is 13.2 Å². The van der Waals surface area contributed by atoms with Crippen molar-refractivity contribution in [2.75, 3.05) is 0 Å². The van der Waals surface area contributed by atoms with E-state index in [2.05, 4.69) is 32.0 Å². The third-order valence-electron chi connectivity index (χ3n) is 2.05. The van der Waals surface area contributed by atoms with Crippen molar-refractivity contribution in [3.63, 3.8) is 0 Å². The summed E-state index contributed by atoms with van der Waals surface area (Å²) in [5.74, 6) is 0.680. The van der Waals surface area contributed by atoms with E-state index in [1.807, 2.05) is 18.2 Å². The van der Waals surface area contributed by atoms with Gasteiger partial charge in [0.1, 0.15) is 16.4 Å². The fourth-order valence-corrected chi connectivity index (χ4v) is 1.83. The van der Waals surface area contributed by atoms with Gasteiger partial charge in [0.05, 0.1) is 0 Å². The molecule has 0 aliphatic rings. The van der Waals surface area contributed by atoms with Crippen LogP contribution in [0.5, 0.6) is 0 Å². The first-order valence-corrected chi connectivity index (χ1v) is 5.07. The summed E-state index contributed by atoms with van der Waals surface area (Å²) in [5, 5.41) is 8.90. The van der Waals surface area contributed by atoms with Gasteiger partial charge in [0.25, 0.3) is 0 Å². The second kappa shape index (κ2) is 3.83. The van der Waals surface area contributed by atoms with Crippen molar-refractivity contribution in [3.05, 3.63) is 34.7 Å². The second-order valence-electron chi connectivity index (χ2n) is 2.96. The summed E-state index contributed by atoms with van der Waals surface area (Å²) >= 11 is 3.24. The lowest BCUT2D eigenvalue weighted by atomic mass is 10.3. The van der Waals surface area contributed by atoms with Crippen molar-refractivity contribution in [2.24, 2.45) is 7.05 Å². The van der Waals surface area contributed by atoms with E-state index in [-0.39, 0.29) is 0 Å². The first-order chi connectivity index (χ1) is 7.24. The molecule has 74 valence electrons. The second-order valence-corrected chi connectivity index (χ2v) is 3.71. The first kappa shape index (κ1) is 9.87. The lowest BCUT2D eigenvalue weighted by molar-refractivity contribution is 0.900. The minimum atomic E-state index is 0.496. The fraction of sp³-hybridized carbons (Fsp3) is 0.100. The van der Waals surface area contributed by atoms with Crippen LogP contribution in [0.25, 0.3) is 11.5 Å². The van der Waals surface area contributed by atoms with E-state index >= 15 is 0 Å². The number of aromatic nitrogens is 3. The van der Waals surface area contributed by atoms with Crippen LogP contribution >= 0.6 is 15.9 Å². The Morgan fingerprint density at radius 3 is 2.80 bits per heavy atom. The highest BCUT2D eigenvalue weighted by Crippen LogP contribution is 2.22. The standard InChI is InChI=1S/C10H7BrN4/c1-15-8(6-12)9(11)14-10(15)7-4-2-3-5-13-7/h2-5H,1H3. The highest BCUT2D eigenvalue weighted by Gasteiger charge is 2.13. The molecule has 0 saturated carbocycles. The van der Waals surface area contributed by atoms with Gasteiger partial charge in [0.2, 0.25) is 0 Å². The molecule has 0 aliphatic heterocycles. The molecular weight excluding hydrogens is 256 g/mol. The van der Waals surface area contributed by atoms with E-state index in [1.165, 1.54) is 0 Å².